The summed E-state index contributed by atoms with van der Waals surface area (Å²) in [4.78, 5) is 2.86. The number of nitrogens with zero attached hydrogens (tertiary/aromatic N) is 1. The summed E-state index contributed by atoms with van der Waals surface area (Å²) < 4.78 is 5.52. The highest BCUT2D eigenvalue weighted by atomic mass is 32.1. The Balaban J connectivity index is 1.96. The van der Waals surface area contributed by atoms with Crippen LogP contribution in [0.4, 0.5) is 0 Å². The van der Waals surface area contributed by atoms with E-state index in [1.807, 2.05) is 12.1 Å². The lowest BCUT2D eigenvalue weighted by Crippen LogP contribution is -2.40. The van der Waals surface area contributed by atoms with Crippen molar-refractivity contribution in [2.75, 3.05) is 19.7 Å². The van der Waals surface area contributed by atoms with Crippen molar-refractivity contribution >= 4 is 17.2 Å². The quantitative estimate of drug-likeness (QED) is 0.826. The average Bonchev–Trinajstić information content (AvgIpc) is 2.29. The van der Waals surface area contributed by atoms with Crippen molar-refractivity contribution in [1.82, 2.24) is 4.90 Å². The van der Waals surface area contributed by atoms with E-state index in [-0.39, 0.29) is 0 Å². The lowest BCUT2D eigenvalue weighted by atomic mass is 10.1. The highest BCUT2D eigenvalue weighted by molar-refractivity contribution is 7.80. The third-order valence-electron chi connectivity index (χ3n) is 2.97. The molecule has 3 nitrogen and oxygen atoms in total. The third-order valence-corrected chi connectivity index (χ3v) is 3.21. The minimum absolute atomic E-state index is 0.333. The number of nitrogens with two attached hydrogens (primary N) is 1. The zero-order valence-electron chi connectivity index (χ0n) is 10.1. The van der Waals surface area contributed by atoms with Crippen LogP contribution in [0.15, 0.2) is 24.3 Å². The molecule has 1 fully saturated rings. The Morgan fingerprint density at radius 1 is 1.47 bits per heavy atom. The summed E-state index contributed by atoms with van der Waals surface area (Å²) >= 11 is 4.93. The summed E-state index contributed by atoms with van der Waals surface area (Å²) in [5.74, 6) is 0. The molecule has 1 aromatic rings. The summed E-state index contributed by atoms with van der Waals surface area (Å²) in [5.41, 5.74) is 7.79. The van der Waals surface area contributed by atoms with Crippen molar-refractivity contribution in [3.63, 3.8) is 0 Å². The molecule has 0 saturated carbocycles. The molecule has 0 spiro atoms. The second-order valence-corrected chi connectivity index (χ2v) is 4.92. The van der Waals surface area contributed by atoms with Crippen molar-refractivity contribution in [2.45, 2.75) is 19.6 Å². The van der Waals surface area contributed by atoms with E-state index in [0.29, 0.717) is 11.1 Å². The molecule has 1 atom stereocenters. The van der Waals surface area contributed by atoms with Crippen LogP contribution < -0.4 is 5.73 Å². The first-order valence-corrected chi connectivity index (χ1v) is 6.28. The van der Waals surface area contributed by atoms with Crippen LogP contribution in [0.5, 0.6) is 0 Å². The van der Waals surface area contributed by atoms with Gasteiger partial charge in [-0.15, -0.1) is 0 Å². The maximum Gasteiger partial charge on any atom is 0.103 e. The average molecular weight is 250 g/mol. The summed E-state index contributed by atoms with van der Waals surface area (Å²) in [6, 6.07) is 8.16. The van der Waals surface area contributed by atoms with E-state index in [0.717, 1.165) is 31.8 Å². The first kappa shape index (κ1) is 12.5. The number of thiocarbonyl (C=S) groups is 1. The van der Waals surface area contributed by atoms with Crippen LogP contribution in [0.2, 0.25) is 0 Å². The Morgan fingerprint density at radius 2 is 2.18 bits per heavy atom. The molecule has 1 heterocycles. The van der Waals surface area contributed by atoms with E-state index in [2.05, 4.69) is 24.0 Å². The largest absolute Gasteiger partial charge is 0.389 e. The number of hydrogen-bond donors (Lipinski definition) is 1. The summed E-state index contributed by atoms with van der Waals surface area (Å²) in [6.45, 7) is 5.90. The molecule has 0 radical (unpaired) electrons. The standard InChI is InChI=1S/C13H18N2OS/c1-10-8-15(6-7-16-10)9-11-2-4-12(5-3-11)13(14)17/h2-5,10H,6-9H2,1H3,(H2,14,17). The smallest absolute Gasteiger partial charge is 0.103 e. The van der Waals surface area contributed by atoms with Gasteiger partial charge < -0.3 is 10.5 Å². The van der Waals surface area contributed by atoms with Gasteiger partial charge in [-0.2, -0.15) is 0 Å². The van der Waals surface area contributed by atoms with Crippen molar-refractivity contribution in [3.8, 4) is 0 Å². The van der Waals surface area contributed by atoms with Gasteiger partial charge in [0.2, 0.25) is 0 Å². The highest BCUT2D eigenvalue weighted by Gasteiger charge is 2.16. The number of hydrogen-bond acceptors (Lipinski definition) is 3. The monoisotopic (exact) mass is 250 g/mol. The number of morpholine rings is 1. The van der Waals surface area contributed by atoms with Crippen LogP contribution in [0.3, 0.4) is 0 Å². The highest BCUT2D eigenvalue weighted by Crippen LogP contribution is 2.11. The molecule has 17 heavy (non-hydrogen) atoms. The zero-order chi connectivity index (χ0) is 12.3. The van der Waals surface area contributed by atoms with E-state index in [1.165, 1.54) is 5.56 Å². The SMILES string of the molecule is CC1CN(Cc2ccc(C(N)=S)cc2)CCO1. The van der Waals surface area contributed by atoms with E-state index < -0.39 is 0 Å². The number of ether oxygens (including phenoxy) is 1. The fourth-order valence-electron chi connectivity index (χ4n) is 2.07. The topological polar surface area (TPSA) is 38.5 Å². The molecule has 0 bridgehead atoms. The molecule has 1 aliphatic rings. The van der Waals surface area contributed by atoms with Gasteiger partial charge >= 0.3 is 0 Å². The summed E-state index contributed by atoms with van der Waals surface area (Å²) in [5, 5.41) is 0. The van der Waals surface area contributed by atoms with Crippen molar-refractivity contribution in [2.24, 2.45) is 5.73 Å². The lowest BCUT2D eigenvalue weighted by molar-refractivity contribution is -0.0212. The Hall–Kier alpha value is -0.970. The first-order valence-electron chi connectivity index (χ1n) is 5.88. The molecular weight excluding hydrogens is 232 g/mol. The van der Waals surface area contributed by atoms with Gasteiger partial charge in [0.15, 0.2) is 0 Å². The number of rotatable bonds is 3. The fraction of sp³-hybridized carbons (Fsp3) is 0.462. The Kier molecular flexibility index (Phi) is 4.10. The second kappa shape index (κ2) is 5.58. The van der Waals surface area contributed by atoms with Crippen molar-refractivity contribution in [3.05, 3.63) is 35.4 Å². The molecule has 1 unspecified atom stereocenters. The second-order valence-electron chi connectivity index (χ2n) is 4.48. The molecule has 1 aliphatic heterocycles. The van der Waals surface area contributed by atoms with Crippen molar-refractivity contribution < 1.29 is 4.74 Å². The predicted molar refractivity (Wildman–Crippen MR) is 73.0 cm³/mol. The maximum absolute atomic E-state index is 5.57. The molecule has 0 aromatic heterocycles. The molecule has 2 rings (SSSR count). The van der Waals surface area contributed by atoms with Gasteiger partial charge in [0, 0.05) is 25.2 Å². The molecule has 4 heteroatoms. The fourth-order valence-corrected chi connectivity index (χ4v) is 2.20. The maximum atomic E-state index is 5.57. The predicted octanol–water partition coefficient (Wildman–Crippen LogP) is 1.54. The van der Waals surface area contributed by atoms with Crippen LogP contribution in [-0.4, -0.2) is 35.7 Å². The first-order chi connectivity index (χ1) is 8.15. The van der Waals surface area contributed by atoms with Gasteiger partial charge in [-0.1, -0.05) is 36.5 Å². The van der Waals surface area contributed by atoms with E-state index >= 15 is 0 Å². The molecule has 92 valence electrons. The zero-order valence-corrected chi connectivity index (χ0v) is 10.9. The van der Waals surface area contributed by atoms with Crippen LogP contribution in [-0.2, 0) is 11.3 Å². The van der Waals surface area contributed by atoms with E-state index in [9.17, 15) is 0 Å². The van der Waals surface area contributed by atoms with Gasteiger partial charge in [-0.05, 0) is 12.5 Å². The summed E-state index contributed by atoms with van der Waals surface area (Å²) in [6.07, 6.45) is 0.333. The minimum Gasteiger partial charge on any atom is -0.389 e. The number of benzene rings is 1. The molecule has 1 aromatic carbocycles. The lowest BCUT2D eigenvalue weighted by Gasteiger charge is -2.31. The normalized spacial score (nSPS) is 21.4. The Morgan fingerprint density at radius 3 is 2.76 bits per heavy atom. The van der Waals surface area contributed by atoms with Gasteiger partial charge in [0.25, 0.3) is 0 Å². The Labute approximate surface area is 108 Å². The molecule has 1 saturated heterocycles. The molecular formula is C13H18N2OS. The van der Waals surface area contributed by atoms with Gasteiger partial charge in [0.05, 0.1) is 12.7 Å². The van der Waals surface area contributed by atoms with Gasteiger partial charge in [-0.25, -0.2) is 0 Å². The van der Waals surface area contributed by atoms with E-state index in [1.54, 1.807) is 0 Å². The Bertz CT molecular complexity index is 391. The van der Waals surface area contributed by atoms with Crippen LogP contribution in [0.1, 0.15) is 18.1 Å². The van der Waals surface area contributed by atoms with Gasteiger partial charge in [-0.3, -0.25) is 4.90 Å². The molecule has 0 aliphatic carbocycles. The molecule has 0 amide bonds. The molecule has 2 N–H and O–H groups in total. The van der Waals surface area contributed by atoms with E-state index in [4.69, 9.17) is 22.7 Å². The van der Waals surface area contributed by atoms with Gasteiger partial charge in [0.1, 0.15) is 4.99 Å². The summed E-state index contributed by atoms with van der Waals surface area (Å²) in [7, 11) is 0. The van der Waals surface area contributed by atoms with Crippen molar-refractivity contribution in [1.29, 1.82) is 0 Å². The van der Waals surface area contributed by atoms with Crippen LogP contribution in [0.25, 0.3) is 0 Å². The minimum atomic E-state index is 0.333. The third kappa shape index (κ3) is 3.49. The van der Waals surface area contributed by atoms with Crippen LogP contribution in [0, 0.1) is 0 Å². The van der Waals surface area contributed by atoms with Crippen LogP contribution >= 0.6 is 12.2 Å².